The van der Waals surface area contributed by atoms with Gasteiger partial charge in [0.2, 0.25) is 11.6 Å². The fourth-order valence-electron chi connectivity index (χ4n) is 2.12. The van der Waals surface area contributed by atoms with Gasteiger partial charge in [0.05, 0.1) is 25.4 Å². The quantitative estimate of drug-likeness (QED) is 0.331. The molecule has 0 spiro atoms. The van der Waals surface area contributed by atoms with E-state index < -0.39 is 36.7 Å². The van der Waals surface area contributed by atoms with Gasteiger partial charge in [-0.1, -0.05) is 12.2 Å². The summed E-state index contributed by atoms with van der Waals surface area (Å²) in [5, 5.41) is 19.8. The Hall–Kier alpha value is -3.24. The first kappa shape index (κ1) is 21.1. The number of ether oxygens (including phenoxy) is 4. The second kappa shape index (κ2) is 9.11. The third-order valence-corrected chi connectivity index (χ3v) is 3.44. The molecule has 0 radical (unpaired) electrons. The summed E-state index contributed by atoms with van der Waals surface area (Å²) in [5.41, 5.74) is 0. The summed E-state index contributed by atoms with van der Waals surface area (Å²) in [6.45, 7) is -1.10. The minimum absolute atomic E-state index is 0.344. The van der Waals surface area contributed by atoms with E-state index in [1.165, 1.54) is 12.2 Å². The van der Waals surface area contributed by atoms with Gasteiger partial charge in [-0.25, -0.2) is 9.59 Å². The van der Waals surface area contributed by atoms with Gasteiger partial charge in [-0.3, -0.25) is 9.59 Å². The molecule has 0 saturated carbocycles. The van der Waals surface area contributed by atoms with Gasteiger partial charge in [0, 0.05) is 24.3 Å². The number of ketones is 2. The molecule has 10 nitrogen and oxygen atoms in total. The third-order valence-electron chi connectivity index (χ3n) is 3.44. The van der Waals surface area contributed by atoms with Gasteiger partial charge in [0.15, 0.2) is 24.8 Å². The van der Waals surface area contributed by atoms with Crippen molar-refractivity contribution in [1.82, 2.24) is 0 Å². The molecule has 0 aliphatic carbocycles. The van der Waals surface area contributed by atoms with Crippen LogP contribution in [-0.2, 0) is 38.1 Å². The average Bonchev–Trinajstić information content (AvgIpc) is 2.62. The first-order valence-electron chi connectivity index (χ1n) is 8.07. The van der Waals surface area contributed by atoms with Crippen molar-refractivity contribution in [1.29, 1.82) is 0 Å². The number of esters is 2. The summed E-state index contributed by atoms with van der Waals surface area (Å²) >= 11 is 0. The largest absolute Gasteiger partial charge is 0.466 e. The number of carbonyl (C=O) groups is 4. The zero-order valence-corrected chi connectivity index (χ0v) is 14.6. The van der Waals surface area contributed by atoms with Crippen LogP contribution in [0, 0.1) is 0 Å². The van der Waals surface area contributed by atoms with Crippen molar-refractivity contribution < 1.29 is 48.3 Å². The first-order chi connectivity index (χ1) is 13.2. The van der Waals surface area contributed by atoms with Crippen LogP contribution in [0.4, 0.5) is 0 Å². The summed E-state index contributed by atoms with van der Waals surface area (Å²) < 4.78 is 19.2. The molecule has 2 rings (SSSR count). The van der Waals surface area contributed by atoms with E-state index in [9.17, 15) is 29.4 Å². The van der Waals surface area contributed by atoms with Crippen LogP contribution in [0.3, 0.4) is 0 Å². The maximum atomic E-state index is 11.5. The maximum absolute atomic E-state index is 11.5. The molecule has 0 bridgehead atoms. The molecular formula is C18H18O10. The SMILES string of the molecule is O=C1C=COC(O)(COC(=O)C=CC=CC(=O)OCC2(O)CC(=O)C=CO2)C1. The number of carbonyl (C=O) groups excluding carboxylic acids is 4. The average molecular weight is 394 g/mol. The smallest absolute Gasteiger partial charge is 0.330 e. The van der Waals surface area contributed by atoms with Gasteiger partial charge in [-0.05, 0) is 0 Å². The highest BCUT2D eigenvalue weighted by Crippen LogP contribution is 2.19. The molecule has 2 N–H and O–H groups in total. The lowest BCUT2D eigenvalue weighted by molar-refractivity contribution is -0.209. The van der Waals surface area contributed by atoms with E-state index >= 15 is 0 Å². The number of aliphatic hydroxyl groups is 2. The molecule has 2 aliphatic rings. The first-order valence-corrected chi connectivity index (χ1v) is 8.07. The standard InChI is InChI=1S/C18H18O10/c19-13-5-7-27-17(23,9-13)11-25-15(21)3-1-2-4-16(22)26-12-18(24)10-14(20)6-8-28-18/h1-8,23-24H,9-12H2. The van der Waals surface area contributed by atoms with Gasteiger partial charge in [0.25, 0.3) is 0 Å². The van der Waals surface area contributed by atoms with Gasteiger partial charge in [0.1, 0.15) is 0 Å². The topological polar surface area (TPSA) is 146 Å². The monoisotopic (exact) mass is 394 g/mol. The Morgan fingerprint density at radius 1 is 0.893 bits per heavy atom. The highest BCUT2D eigenvalue weighted by molar-refractivity contribution is 5.91. The van der Waals surface area contributed by atoms with Crippen molar-refractivity contribution in [3.63, 3.8) is 0 Å². The third kappa shape index (κ3) is 6.82. The van der Waals surface area contributed by atoms with E-state index in [0.717, 1.165) is 36.8 Å². The predicted molar refractivity (Wildman–Crippen MR) is 89.8 cm³/mol. The van der Waals surface area contributed by atoms with Crippen molar-refractivity contribution in [3.8, 4) is 0 Å². The zero-order valence-electron chi connectivity index (χ0n) is 14.6. The Kier molecular flexibility index (Phi) is 6.85. The van der Waals surface area contributed by atoms with Crippen LogP contribution >= 0.6 is 0 Å². The molecule has 0 aromatic rings. The second-order valence-corrected chi connectivity index (χ2v) is 5.95. The summed E-state index contributed by atoms with van der Waals surface area (Å²) in [7, 11) is 0. The minimum atomic E-state index is -1.91. The van der Waals surface area contributed by atoms with Crippen molar-refractivity contribution in [3.05, 3.63) is 49.0 Å². The maximum Gasteiger partial charge on any atom is 0.330 e. The predicted octanol–water partition coefficient (Wildman–Crippen LogP) is -0.431. The summed E-state index contributed by atoms with van der Waals surface area (Å²) in [5.74, 6) is -6.24. The molecule has 2 heterocycles. The number of hydrogen-bond donors (Lipinski definition) is 2. The molecule has 0 aromatic heterocycles. The van der Waals surface area contributed by atoms with Crippen LogP contribution < -0.4 is 0 Å². The van der Waals surface area contributed by atoms with E-state index in [2.05, 4.69) is 0 Å². The molecule has 2 unspecified atom stereocenters. The van der Waals surface area contributed by atoms with Crippen LogP contribution in [0.25, 0.3) is 0 Å². The fraction of sp³-hybridized carbons (Fsp3) is 0.333. The summed E-state index contributed by atoms with van der Waals surface area (Å²) in [6, 6.07) is 0. The van der Waals surface area contributed by atoms with E-state index in [0.29, 0.717) is 0 Å². The molecule has 150 valence electrons. The summed E-state index contributed by atoms with van der Waals surface area (Å²) in [6.07, 6.45) is 7.94. The number of allylic oxidation sites excluding steroid dienone is 4. The molecule has 0 amide bonds. The Morgan fingerprint density at radius 3 is 1.64 bits per heavy atom. The van der Waals surface area contributed by atoms with Crippen LogP contribution in [0.5, 0.6) is 0 Å². The van der Waals surface area contributed by atoms with Gasteiger partial charge in [-0.15, -0.1) is 0 Å². The highest BCUT2D eigenvalue weighted by atomic mass is 16.7. The van der Waals surface area contributed by atoms with Crippen molar-refractivity contribution in [2.45, 2.75) is 24.4 Å². The van der Waals surface area contributed by atoms with Crippen LogP contribution in [-0.4, -0.2) is 58.5 Å². The van der Waals surface area contributed by atoms with Crippen LogP contribution in [0.15, 0.2) is 49.0 Å². The second-order valence-electron chi connectivity index (χ2n) is 5.95. The molecule has 0 aromatic carbocycles. The molecule has 2 atom stereocenters. The van der Waals surface area contributed by atoms with Gasteiger partial charge >= 0.3 is 11.9 Å². The lowest BCUT2D eigenvalue weighted by Crippen LogP contribution is -2.41. The lowest BCUT2D eigenvalue weighted by Gasteiger charge is -2.27. The molecular weight excluding hydrogens is 376 g/mol. The minimum Gasteiger partial charge on any atom is -0.466 e. The molecule has 28 heavy (non-hydrogen) atoms. The molecule has 0 fully saturated rings. The fourth-order valence-corrected chi connectivity index (χ4v) is 2.12. The number of hydrogen-bond acceptors (Lipinski definition) is 10. The zero-order chi connectivity index (χ0) is 20.6. The van der Waals surface area contributed by atoms with Gasteiger partial charge < -0.3 is 29.2 Å². The Morgan fingerprint density at radius 2 is 1.29 bits per heavy atom. The molecule has 0 saturated heterocycles. The van der Waals surface area contributed by atoms with E-state index in [4.69, 9.17) is 18.9 Å². The summed E-state index contributed by atoms with van der Waals surface area (Å²) in [4.78, 5) is 45.5. The Labute approximate surface area is 159 Å². The van der Waals surface area contributed by atoms with Crippen molar-refractivity contribution in [2.75, 3.05) is 13.2 Å². The molecule has 2 aliphatic heterocycles. The van der Waals surface area contributed by atoms with Gasteiger partial charge in [-0.2, -0.15) is 0 Å². The normalized spacial score (nSPS) is 26.9. The van der Waals surface area contributed by atoms with E-state index in [-0.39, 0.29) is 24.4 Å². The lowest BCUT2D eigenvalue weighted by atomic mass is 10.1. The van der Waals surface area contributed by atoms with Crippen molar-refractivity contribution >= 4 is 23.5 Å². The van der Waals surface area contributed by atoms with E-state index in [1.807, 2.05) is 0 Å². The number of rotatable bonds is 7. The van der Waals surface area contributed by atoms with E-state index in [1.54, 1.807) is 0 Å². The van der Waals surface area contributed by atoms with Crippen LogP contribution in [0.1, 0.15) is 12.8 Å². The van der Waals surface area contributed by atoms with Crippen molar-refractivity contribution in [2.24, 2.45) is 0 Å². The Balaban J connectivity index is 1.70. The van der Waals surface area contributed by atoms with Crippen LogP contribution in [0.2, 0.25) is 0 Å². The Bertz CT molecular complexity index is 698. The highest BCUT2D eigenvalue weighted by Gasteiger charge is 2.35. The molecule has 10 heteroatoms.